The minimum Gasteiger partial charge on any atom is -0.367 e. The number of hydrogen-bond donors (Lipinski definition) is 1. The molecule has 4 heterocycles. The van der Waals surface area contributed by atoms with Gasteiger partial charge in [0.05, 0.1) is 11.2 Å². The van der Waals surface area contributed by atoms with Crippen LogP contribution < -0.4 is 10.2 Å². The number of rotatable bonds is 4. The number of para-hydroxylation sites is 1. The zero-order chi connectivity index (χ0) is 24.8. The van der Waals surface area contributed by atoms with Gasteiger partial charge in [-0.15, -0.1) is 0 Å². The van der Waals surface area contributed by atoms with Gasteiger partial charge in [0.2, 0.25) is 11.8 Å². The van der Waals surface area contributed by atoms with Crippen molar-refractivity contribution in [3.63, 3.8) is 0 Å². The third-order valence-electron chi connectivity index (χ3n) is 7.44. The number of halogens is 1. The summed E-state index contributed by atoms with van der Waals surface area (Å²) in [5.74, 6) is -1.59. The quantitative estimate of drug-likeness (QED) is 0.569. The average molecular weight is 488 g/mol. The molecule has 6 rings (SSSR count). The van der Waals surface area contributed by atoms with Gasteiger partial charge in [0, 0.05) is 62.8 Å². The molecule has 0 radical (unpaired) electrons. The Hall–Kier alpha value is -3.85. The maximum absolute atomic E-state index is 15.2. The monoisotopic (exact) mass is 487 g/mol. The molecule has 3 aromatic rings. The van der Waals surface area contributed by atoms with Crippen molar-refractivity contribution in [3.8, 4) is 0 Å². The van der Waals surface area contributed by atoms with E-state index >= 15 is 4.39 Å². The lowest BCUT2D eigenvalue weighted by Gasteiger charge is -2.36. The standard InChI is InChI=1S/C27H26FN5O3/c28-21-14-20-18(16-33(27(20)36)23-5-6-25(34)30-26(23)35)13-24(21)32-11-9-31(10-12-32)15-17-7-8-29-22-4-2-1-3-19(17)22/h1-4,7-8,13-14,23H,5-6,9-12,15-16H2,(H,30,34,35). The molecule has 36 heavy (non-hydrogen) atoms. The number of amides is 3. The van der Waals surface area contributed by atoms with E-state index in [0.29, 0.717) is 29.9 Å². The summed E-state index contributed by atoms with van der Waals surface area (Å²) >= 11 is 0. The van der Waals surface area contributed by atoms with Gasteiger partial charge in [0.25, 0.3) is 5.91 Å². The van der Waals surface area contributed by atoms with Crippen molar-refractivity contribution < 1.29 is 18.8 Å². The van der Waals surface area contributed by atoms with Crippen molar-refractivity contribution in [3.05, 3.63) is 71.2 Å². The number of piperidine rings is 1. The number of benzene rings is 2. The summed E-state index contributed by atoms with van der Waals surface area (Å²) in [5.41, 5.74) is 3.70. The number of nitrogens with one attached hydrogen (secondary N) is 1. The Bertz CT molecular complexity index is 1380. The molecule has 1 aromatic heterocycles. The summed E-state index contributed by atoms with van der Waals surface area (Å²) in [4.78, 5) is 47.0. The third-order valence-corrected chi connectivity index (χ3v) is 7.44. The number of anilines is 1. The molecule has 1 atom stereocenters. The van der Waals surface area contributed by atoms with Crippen molar-refractivity contribution in [2.75, 3.05) is 31.1 Å². The largest absolute Gasteiger partial charge is 0.367 e. The zero-order valence-electron chi connectivity index (χ0n) is 19.7. The van der Waals surface area contributed by atoms with E-state index in [4.69, 9.17) is 0 Å². The molecule has 0 aliphatic carbocycles. The second-order valence-electron chi connectivity index (χ2n) is 9.61. The van der Waals surface area contributed by atoms with Gasteiger partial charge in [-0.2, -0.15) is 0 Å². The third kappa shape index (κ3) is 3.99. The van der Waals surface area contributed by atoms with E-state index in [9.17, 15) is 14.4 Å². The lowest BCUT2D eigenvalue weighted by Crippen LogP contribution is -2.52. The van der Waals surface area contributed by atoms with Gasteiger partial charge < -0.3 is 9.80 Å². The average Bonchev–Trinajstić information content (AvgIpc) is 3.19. The van der Waals surface area contributed by atoms with Crippen molar-refractivity contribution in [2.24, 2.45) is 0 Å². The molecule has 0 saturated carbocycles. The van der Waals surface area contributed by atoms with Gasteiger partial charge in [0.1, 0.15) is 11.9 Å². The number of fused-ring (bicyclic) bond motifs is 2. The van der Waals surface area contributed by atoms with Crippen LogP contribution in [0.25, 0.3) is 10.9 Å². The normalized spacial score (nSPS) is 20.7. The molecular formula is C27H26FN5O3. The fourth-order valence-corrected chi connectivity index (χ4v) is 5.50. The summed E-state index contributed by atoms with van der Waals surface area (Å²) in [6.45, 7) is 3.96. The predicted octanol–water partition coefficient (Wildman–Crippen LogP) is 2.46. The number of piperazine rings is 1. The molecule has 9 heteroatoms. The SMILES string of the molecule is O=C1CCC(N2Cc3cc(N4CCN(Cc5ccnc6ccccc56)CC4)c(F)cc3C2=O)C(=O)N1. The van der Waals surface area contributed by atoms with E-state index in [1.807, 2.05) is 29.3 Å². The van der Waals surface area contributed by atoms with Crippen LogP contribution in [-0.4, -0.2) is 64.7 Å². The predicted molar refractivity (Wildman–Crippen MR) is 132 cm³/mol. The van der Waals surface area contributed by atoms with Crippen molar-refractivity contribution in [1.82, 2.24) is 20.1 Å². The van der Waals surface area contributed by atoms with E-state index in [0.717, 1.165) is 30.5 Å². The summed E-state index contributed by atoms with van der Waals surface area (Å²) < 4.78 is 15.2. The van der Waals surface area contributed by atoms with Crippen LogP contribution >= 0.6 is 0 Å². The highest BCUT2D eigenvalue weighted by Gasteiger charge is 2.40. The molecule has 8 nitrogen and oxygen atoms in total. The molecule has 2 fully saturated rings. The first-order valence-electron chi connectivity index (χ1n) is 12.2. The highest BCUT2D eigenvalue weighted by Crippen LogP contribution is 2.33. The first kappa shape index (κ1) is 22.6. The molecule has 0 bridgehead atoms. The Balaban J connectivity index is 1.15. The Morgan fingerprint density at radius 1 is 1.03 bits per heavy atom. The van der Waals surface area contributed by atoms with Gasteiger partial charge in [0.15, 0.2) is 0 Å². The molecular weight excluding hydrogens is 461 g/mol. The Kier molecular flexibility index (Phi) is 5.64. The first-order valence-corrected chi connectivity index (χ1v) is 12.2. The van der Waals surface area contributed by atoms with Gasteiger partial charge in [-0.25, -0.2) is 4.39 Å². The van der Waals surface area contributed by atoms with Crippen molar-refractivity contribution in [2.45, 2.75) is 32.0 Å². The number of carbonyl (C=O) groups excluding carboxylic acids is 3. The topological polar surface area (TPSA) is 85.9 Å². The van der Waals surface area contributed by atoms with Crippen LogP contribution in [0.2, 0.25) is 0 Å². The fourth-order valence-electron chi connectivity index (χ4n) is 5.50. The van der Waals surface area contributed by atoms with Crippen LogP contribution in [0.15, 0.2) is 48.7 Å². The van der Waals surface area contributed by atoms with Gasteiger partial charge >= 0.3 is 0 Å². The molecule has 3 aliphatic heterocycles. The molecule has 1 N–H and O–H groups in total. The highest BCUT2D eigenvalue weighted by atomic mass is 19.1. The van der Waals surface area contributed by atoms with Crippen LogP contribution in [-0.2, 0) is 22.7 Å². The van der Waals surface area contributed by atoms with E-state index < -0.39 is 17.8 Å². The zero-order valence-corrected chi connectivity index (χ0v) is 19.7. The summed E-state index contributed by atoms with van der Waals surface area (Å²) in [6.07, 6.45) is 2.32. The molecule has 184 valence electrons. The second-order valence-corrected chi connectivity index (χ2v) is 9.61. The maximum atomic E-state index is 15.2. The smallest absolute Gasteiger partial charge is 0.255 e. The number of hydrogen-bond acceptors (Lipinski definition) is 6. The Morgan fingerprint density at radius 3 is 2.64 bits per heavy atom. The molecule has 3 amide bonds. The van der Waals surface area contributed by atoms with Gasteiger partial charge in [-0.05, 0) is 41.8 Å². The molecule has 1 unspecified atom stereocenters. The van der Waals surface area contributed by atoms with Gasteiger partial charge in [-0.3, -0.25) is 29.6 Å². The lowest BCUT2D eigenvalue weighted by atomic mass is 10.0. The fraction of sp³-hybridized carbons (Fsp3) is 0.333. The minimum atomic E-state index is -0.707. The Morgan fingerprint density at radius 2 is 1.83 bits per heavy atom. The number of aromatic nitrogens is 1. The number of imide groups is 1. The van der Waals surface area contributed by atoms with E-state index in [-0.39, 0.29) is 31.2 Å². The van der Waals surface area contributed by atoms with Crippen LogP contribution in [0.1, 0.15) is 34.3 Å². The number of pyridine rings is 1. The summed E-state index contributed by atoms with van der Waals surface area (Å²) in [5, 5.41) is 3.45. The maximum Gasteiger partial charge on any atom is 0.255 e. The number of nitrogens with zero attached hydrogens (tertiary/aromatic N) is 4. The van der Waals surface area contributed by atoms with Crippen LogP contribution in [0.4, 0.5) is 10.1 Å². The minimum absolute atomic E-state index is 0.190. The van der Waals surface area contributed by atoms with E-state index in [2.05, 4.69) is 27.3 Å². The van der Waals surface area contributed by atoms with Crippen molar-refractivity contribution in [1.29, 1.82) is 0 Å². The van der Waals surface area contributed by atoms with E-state index in [1.54, 1.807) is 6.07 Å². The van der Waals surface area contributed by atoms with Gasteiger partial charge in [-0.1, -0.05) is 18.2 Å². The van der Waals surface area contributed by atoms with Crippen molar-refractivity contribution >= 4 is 34.3 Å². The highest BCUT2D eigenvalue weighted by molar-refractivity contribution is 6.05. The molecule has 0 spiro atoms. The van der Waals surface area contributed by atoms with Crippen LogP contribution in [0.5, 0.6) is 0 Å². The van der Waals surface area contributed by atoms with E-state index in [1.165, 1.54) is 16.5 Å². The molecule has 2 aromatic carbocycles. The lowest BCUT2D eigenvalue weighted by molar-refractivity contribution is -0.136. The Labute approximate surface area is 207 Å². The number of carbonyl (C=O) groups is 3. The summed E-state index contributed by atoms with van der Waals surface area (Å²) in [6, 6.07) is 12.5. The van der Waals surface area contributed by atoms with Crippen LogP contribution in [0, 0.1) is 5.82 Å². The van der Waals surface area contributed by atoms with Crippen LogP contribution in [0.3, 0.4) is 0 Å². The molecule has 3 aliphatic rings. The molecule has 2 saturated heterocycles. The second kappa shape index (κ2) is 8.98. The first-order chi connectivity index (χ1) is 17.5. The summed E-state index contributed by atoms with van der Waals surface area (Å²) in [7, 11) is 0.